The lowest BCUT2D eigenvalue weighted by molar-refractivity contribution is -0.0578. The molecule has 5 N–H and O–H groups in total. The molecular formula is C21H23B2FN10O10P2. The Kier molecular flexibility index (Phi) is 7.81. The number of nitrogens with zero attached hydrogens (tertiary/aromatic N) is 7. The number of nitrogens with one attached hydrogen (secondary N) is 1. The minimum atomic E-state index is -4.57. The molecule has 4 aromatic rings. The van der Waals surface area contributed by atoms with E-state index in [2.05, 4.69) is 29.9 Å². The second-order valence-corrected chi connectivity index (χ2v) is 13.5. The lowest BCUT2D eigenvalue weighted by Crippen LogP contribution is -2.37. The Balaban J connectivity index is 1.22. The molecule has 3 fully saturated rings. The summed E-state index contributed by atoms with van der Waals surface area (Å²) < 4.78 is 85.1. The van der Waals surface area contributed by atoms with Crippen LogP contribution < -0.4 is 17.0 Å². The van der Waals surface area contributed by atoms with Gasteiger partial charge in [0.2, 0.25) is 21.1 Å². The molecular weight excluding hydrogens is 655 g/mol. The topological polar surface area (TPSA) is 258 Å². The summed E-state index contributed by atoms with van der Waals surface area (Å²) in [6.07, 6.45) is -7.88. The molecule has 0 amide bonds. The highest BCUT2D eigenvalue weighted by molar-refractivity contribution is 7.79. The Morgan fingerprint density at radius 1 is 0.935 bits per heavy atom. The molecule has 20 nitrogen and oxygen atoms in total. The summed E-state index contributed by atoms with van der Waals surface area (Å²) in [6, 6.07) is 0. The average molecular weight is 678 g/mol. The van der Waals surface area contributed by atoms with E-state index < -0.39 is 82.9 Å². The molecule has 4 radical (unpaired) electrons. The average Bonchev–Trinajstić information content (AvgIpc) is 3.75. The van der Waals surface area contributed by atoms with Gasteiger partial charge in [-0.1, -0.05) is 0 Å². The van der Waals surface area contributed by atoms with E-state index in [1.165, 1.54) is 28.9 Å². The number of hydrogen-bond acceptors (Lipinski definition) is 17. The fourth-order valence-corrected chi connectivity index (χ4v) is 7.57. The normalized spacial score (nSPS) is 37.1. The van der Waals surface area contributed by atoms with Crippen LogP contribution in [0.15, 0.2) is 23.8 Å². The molecule has 2 bridgehead atoms. The van der Waals surface area contributed by atoms with Gasteiger partial charge in [0, 0.05) is 7.11 Å². The van der Waals surface area contributed by atoms with E-state index in [9.17, 15) is 13.9 Å². The van der Waals surface area contributed by atoms with Gasteiger partial charge in [0.05, 0.1) is 25.9 Å². The third kappa shape index (κ3) is 5.44. The Bertz CT molecular complexity index is 1970. The van der Waals surface area contributed by atoms with Crippen LogP contribution in [0.25, 0.3) is 22.3 Å². The molecule has 46 heavy (non-hydrogen) atoms. The Morgan fingerprint density at radius 3 is 2.28 bits per heavy atom. The number of halogens is 1. The van der Waals surface area contributed by atoms with Gasteiger partial charge in [0.15, 0.2) is 41.3 Å². The molecule has 0 aromatic carbocycles. The Labute approximate surface area is 259 Å². The van der Waals surface area contributed by atoms with Crippen LogP contribution in [0.3, 0.4) is 0 Å². The maximum atomic E-state index is 16.0. The SMILES string of the molecule is [B][P@]1(=O)OCC2OC(n3cnc4c(=O)[nH]c(N)nc43)C(O[P@@]([B])(=O)OCC3OC(n4cnc5c(N)ncnc54)C(F)C3O1)C2OC. The zero-order chi connectivity index (χ0) is 32.5. The van der Waals surface area contributed by atoms with Crippen molar-refractivity contribution in [1.29, 1.82) is 0 Å². The molecule has 3 aliphatic rings. The molecule has 10 atom stereocenters. The highest BCUT2D eigenvalue weighted by atomic mass is 31.2. The second kappa shape index (κ2) is 11.5. The first kappa shape index (κ1) is 31.3. The van der Waals surface area contributed by atoms with Crippen molar-refractivity contribution in [1.82, 2.24) is 39.0 Å². The fraction of sp³-hybridized carbons (Fsp3) is 0.524. The Hall–Kier alpha value is -3.26. The van der Waals surface area contributed by atoms with Crippen molar-refractivity contribution in [2.45, 2.75) is 49.1 Å². The van der Waals surface area contributed by atoms with E-state index in [0.29, 0.717) is 0 Å². The minimum Gasteiger partial charge on any atom is -0.382 e. The third-order valence-electron chi connectivity index (χ3n) is 7.59. The number of nitrogens with two attached hydrogens (primary N) is 2. The summed E-state index contributed by atoms with van der Waals surface area (Å²) in [7, 11) is 4.07. The van der Waals surface area contributed by atoms with Gasteiger partial charge in [-0.2, -0.15) is 4.98 Å². The van der Waals surface area contributed by atoms with Gasteiger partial charge in [-0.15, -0.1) is 0 Å². The predicted octanol–water partition coefficient (Wildman–Crippen LogP) is -0.358. The van der Waals surface area contributed by atoms with Crippen molar-refractivity contribution in [3.05, 3.63) is 29.3 Å². The lowest BCUT2D eigenvalue weighted by Gasteiger charge is -2.28. The summed E-state index contributed by atoms with van der Waals surface area (Å²) in [5.41, 5.74) is 11.1. The maximum absolute atomic E-state index is 16.0. The summed E-state index contributed by atoms with van der Waals surface area (Å²) in [6.45, 7) is -1.25. The molecule has 240 valence electrons. The molecule has 8 unspecified atom stereocenters. The zero-order valence-electron chi connectivity index (χ0n) is 23.6. The minimum absolute atomic E-state index is 0.0146. The van der Waals surface area contributed by atoms with E-state index in [1.807, 2.05) is 0 Å². The quantitative estimate of drug-likeness (QED) is 0.185. The number of methoxy groups -OCH3 is 1. The van der Waals surface area contributed by atoms with Gasteiger partial charge in [0.1, 0.15) is 42.4 Å². The van der Waals surface area contributed by atoms with Crippen molar-refractivity contribution in [2.75, 3.05) is 31.8 Å². The first-order valence-corrected chi connectivity index (χ1v) is 16.6. The van der Waals surface area contributed by atoms with Crippen molar-refractivity contribution in [3.63, 3.8) is 0 Å². The van der Waals surface area contributed by atoms with Gasteiger partial charge in [-0.05, 0) is 0 Å². The molecule has 7 rings (SSSR count). The third-order valence-corrected chi connectivity index (χ3v) is 9.68. The monoisotopic (exact) mass is 678 g/mol. The summed E-state index contributed by atoms with van der Waals surface area (Å²) in [5, 5.41) is 0. The largest absolute Gasteiger partial charge is 0.382 e. The number of alkyl halides is 1. The van der Waals surface area contributed by atoms with Crippen LogP contribution in [0.4, 0.5) is 16.2 Å². The highest BCUT2D eigenvalue weighted by Gasteiger charge is 2.53. The number of H-pyrrole nitrogens is 1. The molecule has 0 aliphatic carbocycles. The number of anilines is 2. The summed E-state index contributed by atoms with van der Waals surface area (Å²) >= 11 is 0. The number of aromatic nitrogens is 8. The Morgan fingerprint density at radius 2 is 1.57 bits per heavy atom. The smallest absolute Gasteiger partial charge is 0.280 e. The van der Waals surface area contributed by atoms with Gasteiger partial charge < -0.3 is 43.8 Å². The fourth-order valence-electron chi connectivity index (χ4n) is 5.58. The molecule has 3 aliphatic heterocycles. The number of rotatable bonds is 3. The summed E-state index contributed by atoms with van der Waals surface area (Å²) in [5.74, 6) is -0.177. The number of nitrogen functional groups attached to an aromatic ring is 2. The van der Waals surface area contributed by atoms with Gasteiger partial charge in [-0.3, -0.25) is 28.0 Å². The van der Waals surface area contributed by atoms with Crippen molar-refractivity contribution >= 4 is 64.2 Å². The molecule has 4 aromatic heterocycles. The van der Waals surface area contributed by atoms with Crippen LogP contribution in [-0.2, 0) is 41.4 Å². The van der Waals surface area contributed by atoms with Crippen molar-refractivity contribution < 1.29 is 45.8 Å². The van der Waals surface area contributed by atoms with Crippen LogP contribution in [-0.4, -0.2) is 111 Å². The van der Waals surface area contributed by atoms with Crippen LogP contribution in [0.5, 0.6) is 0 Å². The van der Waals surface area contributed by atoms with E-state index in [-0.39, 0.29) is 34.1 Å². The highest BCUT2D eigenvalue weighted by Crippen LogP contribution is 2.54. The van der Waals surface area contributed by atoms with Gasteiger partial charge in [-0.25, -0.2) is 24.3 Å². The van der Waals surface area contributed by atoms with E-state index >= 15 is 4.39 Å². The lowest BCUT2D eigenvalue weighted by atomic mass is 10.1. The van der Waals surface area contributed by atoms with Crippen LogP contribution in [0.2, 0.25) is 0 Å². The molecule has 7 heterocycles. The first-order valence-electron chi connectivity index (χ1n) is 13.4. The number of aromatic amines is 1. The van der Waals surface area contributed by atoms with Crippen molar-refractivity contribution in [3.8, 4) is 0 Å². The molecule has 25 heteroatoms. The molecule has 0 spiro atoms. The van der Waals surface area contributed by atoms with Crippen molar-refractivity contribution in [2.24, 2.45) is 0 Å². The van der Waals surface area contributed by atoms with Crippen LogP contribution in [0, 0.1) is 0 Å². The van der Waals surface area contributed by atoms with Gasteiger partial charge >= 0.3 is 0 Å². The van der Waals surface area contributed by atoms with E-state index in [1.54, 1.807) is 0 Å². The van der Waals surface area contributed by atoms with E-state index in [0.717, 1.165) is 6.33 Å². The number of imidazole rings is 2. The standard InChI is InChI=1S/C21H23B2FN10O10P2/c1-38-13-8-3-40-45(22,36)43-12-7(41-19(9(12)24)33-5-29-10-15(25)27-4-28-16(10)33)2-39-46(23,37)44-14(13)20(42-8)34-6-30-11-17(34)31-21(26)32-18(11)35/h4-9,12-14,19-20H,2-3H2,1H3,(H2,25,27,28)(H3,26,31,32,35)/t7?,8?,9?,12?,13?,14?,19?,20?,45-,46-/m0/s1. The van der Waals surface area contributed by atoms with Gasteiger partial charge in [0.25, 0.3) is 20.5 Å². The predicted molar refractivity (Wildman–Crippen MR) is 154 cm³/mol. The maximum Gasteiger partial charge on any atom is 0.280 e. The number of hydrogen-bond donors (Lipinski definition) is 3. The number of ether oxygens (including phenoxy) is 3. The molecule has 0 saturated carbocycles. The molecule has 3 saturated heterocycles. The first-order chi connectivity index (χ1) is 21.9. The van der Waals surface area contributed by atoms with E-state index in [4.69, 9.17) is 58.9 Å². The number of fused-ring (bicyclic) bond motifs is 5. The zero-order valence-corrected chi connectivity index (χ0v) is 25.3. The van der Waals surface area contributed by atoms with Crippen LogP contribution >= 0.6 is 14.9 Å². The van der Waals surface area contributed by atoms with Crippen LogP contribution in [0.1, 0.15) is 12.5 Å². The summed E-state index contributed by atoms with van der Waals surface area (Å²) in [4.78, 5) is 34.9. The second-order valence-electron chi connectivity index (χ2n) is 10.4.